The molecule has 0 aromatic rings. The fourth-order valence-corrected chi connectivity index (χ4v) is 1.83. The van der Waals surface area contributed by atoms with Gasteiger partial charge >= 0.3 is 0 Å². The van der Waals surface area contributed by atoms with E-state index < -0.39 is 0 Å². The van der Waals surface area contributed by atoms with Crippen molar-refractivity contribution in [3.63, 3.8) is 0 Å². The highest BCUT2D eigenvalue weighted by Gasteiger charge is 1.88. The van der Waals surface area contributed by atoms with Gasteiger partial charge in [-0.3, -0.25) is 0 Å². The molecule has 0 amide bonds. The summed E-state index contributed by atoms with van der Waals surface area (Å²) in [5.74, 6) is 1.18. The lowest BCUT2D eigenvalue weighted by Crippen LogP contribution is -1.79. The number of allylic oxidation sites excluding steroid dienone is 1. The third-order valence-electron chi connectivity index (χ3n) is 2.40. The Morgan fingerprint density at radius 1 is 0.857 bits per heavy atom. The summed E-state index contributed by atoms with van der Waals surface area (Å²) < 4.78 is 0. The van der Waals surface area contributed by atoms with Crippen molar-refractivity contribution in [2.45, 2.75) is 58.3 Å². The van der Waals surface area contributed by atoms with E-state index in [4.69, 9.17) is 0 Å². The summed E-state index contributed by atoms with van der Waals surface area (Å²) in [6.07, 6.45) is 18.0. The maximum atomic E-state index is 2.34. The van der Waals surface area contributed by atoms with Gasteiger partial charge in [-0.05, 0) is 19.1 Å². The molecule has 0 nitrogen and oxygen atoms in total. The van der Waals surface area contributed by atoms with Crippen LogP contribution in [0.25, 0.3) is 0 Å². The van der Waals surface area contributed by atoms with E-state index in [1.807, 2.05) is 11.8 Å². The molecular weight excluding hydrogens is 188 g/mol. The lowest BCUT2D eigenvalue weighted by molar-refractivity contribution is 0.592. The highest BCUT2D eigenvalue weighted by molar-refractivity contribution is 7.98. The molecule has 0 saturated carbocycles. The van der Waals surface area contributed by atoms with E-state index in [0.717, 1.165) is 0 Å². The standard InChI is InChI=1S/C13H26S/c1-3-4-5-6-7-8-9-10-11-12-13-14-2/h11-12H,3-10,13H2,1-2H3/b12-11+. The predicted molar refractivity (Wildman–Crippen MR) is 70.1 cm³/mol. The van der Waals surface area contributed by atoms with Gasteiger partial charge in [0.25, 0.3) is 0 Å². The molecule has 0 aliphatic rings. The molecule has 0 spiro atoms. The molecule has 0 fully saturated rings. The molecule has 84 valence electrons. The first-order chi connectivity index (χ1) is 6.91. The van der Waals surface area contributed by atoms with E-state index >= 15 is 0 Å². The van der Waals surface area contributed by atoms with Crippen molar-refractivity contribution in [2.75, 3.05) is 12.0 Å². The molecule has 0 rings (SSSR count). The maximum Gasteiger partial charge on any atom is 0.0110 e. The average molecular weight is 214 g/mol. The lowest BCUT2D eigenvalue weighted by Gasteiger charge is -1.98. The molecule has 0 aliphatic heterocycles. The summed E-state index contributed by atoms with van der Waals surface area (Å²) in [6.45, 7) is 2.27. The number of unbranched alkanes of at least 4 members (excludes halogenated alkanes) is 7. The average Bonchev–Trinajstić information content (AvgIpc) is 2.21. The first kappa shape index (κ1) is 14.1. The van der Waals surface area contributed by atoms with Gasteiger partial charge in [-0.25, -0.2) is 0 Å². The molecule has 0 atom stereocenters. The van der Waals surface area contributed by atoms with Crippen LogP contribution in [0.2, 0.25) is 0 Å². The van der Waals surface area contributed by atoms with E-state index in [1.165, 1.54) is 57.1 Å². The van der Waals surface area contributed by atoms with Crippen molar-refractivity contribution >= 4 is 11.8 Å². The molecule has 0 unspecified atom stereocenters. The summed E-state index contributed by atoms with van der Waals surface area (Å²) in [4.78, 5) is 0. The fraction of sp³-hybridized carbons (Fsp3) is 0.846. The van der Waals surface area contributed by atoms with Crippen molar-refractivity contribution in [1.82, 2.24) is 0 Å². The van der Waals surface area contributed by atoms with Gasteiger partial charge in [-0.1, -0.05) is 57.6 Å². The summed E-state index contributed by atoms with van der Waals surface area (Å²) in [5.41, 5.74) is 0. The normalized spacial score (nSPS) is 11.3. The van der Waals surface area contributed by atoms with Gasteiger partial charge in [-0.15, -0.1) is 0 Å². The summed E-state index contributed by atoms with van der Waals surface area (Å²) in [6, 6.07) is 0. The van der Waals surface area contributed by atoms with Gasteiger partial charge in [0.15, 0.2) is 0 Å². The van der Waals surface area contributed by atoms with Crippen molar-refractivity contribution in [3.8, 4) is 0 Å². The molecule has 14 heavy (non-hydrogen) atoms. The Labute approximate surface area is 94.6 Å². The van der Waals surface area contributed by atoms with Crippen LogP contribution in [0, 0.1) is 0 Å². The second kappa shape index (κ2) is 13.1. The molecule has 0 aromatic carbocycles. The van der Waals surface area contributed by atoms with E-state index in [1.54, 1.807) is 0 Å². The zero-order chi connectivity index (χ0) is 10.5. The van der Waals surface area contributed by atoms with Crippen molar-refractivity contribution < 1.29 is 0 Å². The van der Waals surface area contributed by atoms with Crippen LogP contribution in [0.4, 0.5) is 0 Å². The Hall–Kier alpha value is 0.0900. The van der Waals surface area contributed by atoms with Gasteiger partial charge in [-0.2, -0.15) is 11.8 Å². The van der Waals surface area contributed by atoms with E-state index in [0.29, 0.717) is 0 Å². The van der Waals surface area contributed by atoms with Crippen molar-refractivity contribution in [3.05, 3.63) is 12.2 Å². The van der Waals surface area contributed by atoms with Crippen LogP contribution < -0.4 is 0 Å². The van der Waals surface area contributed by atoms with E-state index in [-0.39, 0.29) is 0 Å². The van der Waals surface area contributed by atoms with Crippen LogP contribution in [0.3, 0.4) is 0 Å². The van der Waals surface area contributed by atoms with E-state index in [9.17, 15) is 0 Å². The third-order valence-corrected chi connectivity index (χ3v) is 2.93. The van der Waals surface area contributed by atoms with Crippen LogP contribution in [-0.2, 0) is 0 Å². The van der Waals surface area contributed by atoms with Crippen LogP contribution >= 0.6 is 11.8 Å². The second-order valence-corrected chi connectivity index (χ2v) is 4.75. The Morgan fingerprint density at radius 2 is 1.50 bits per heavy atom. The van der Waals surface area contributed by atoms with Crippen molar-refractivity contribution in [1.29, 1.82) is 0 Å². The molecule has 0 bridgehead atoms. The molecular formula is C13H26S. The van der Waals surface area contributed by atoms with Gasteiger partial charge in [0.1, 0.15) is 0 Å². The van der Waals surface area contributed by atoms with Gasteiger partial charge in [0, 0.05) is 5.75 Å². The molecule has 1 heteroatoms. The second-order valence-electron chi connectivity index (χ2n) is 3.84. The Bertz CT molecular complexity index is 118. The topological polar surface area (TPSA) is 0 Å². The quantitative estimate of drug-likeness (QED) is 0.362. The number of rotatable bonds is 10. The SMILES string of the molecule is CCCCCCCCC/C=C/CSC. The van der Waals surface area contributed by atoms with Crippen molar-refractivity contribution in [2.24, 2.45) is 0 Å². The third kappa shape index (κ3) is 12.1. The molecule has 0 radical (unpaired) electrons. The van der Waals surface area contributed by atoms with Crippen LogP contribution in [-0.4, -0.2) is 12.0 Å². The largest absolute Gasteiger partial charge is 0.161 e. The summed E-state index contributed by atoms with van der Waals surface area (Å²) >= 11 is 1.89. The van der Waals surface area contributed by atoms with Crippen LogP contribution in [0.5, 0.6) is 0 Å². The number of thioether (sulfide) groups is 1. The van der Waals surface area contributed by atoms with Crippen LogP contribution in [0.1, 0.15) is 58.3 Å². The zero-order valence-corrected chi connectivity index (χ0v) is 10.7. The lowest BCUT2D eigenvalue weighted by atomic mass is 10.1. The molecule has 0 saturated heterocycles. The van der Waals surface area contributed by atoms with E-state index in [2.05, 4.69) is 25.3 Å². The van der Waals surface area contributed by atoms with Gasteiger partial charge in [0.05, 0.1) is 0 Å². The molecule has 0 aliphatic carbocycles. The van der Waals surface area contributed by atoms with Gasteiger partial charge < -0.3 is 0 Å². The Morgan fingerprint density at radius 3 is 2.14 bits per heavy atom. The first-order valence-electron chi connectivity index (χ1n) is 6.05. The highest BCUT2D eigenvalue weighted by atomic mass is 32.2. The monoisotopic (exact) mass is 214 g/mol. The first-order valence-corrected chi connectivity index (χ1v) is 7.45. The summed E-state index contributed by atoms with van der Waals surface area (Å²) in [7, 11) is 0. The van der Waals surface area contributed by atoms with Gasteiger partial charge in [0.2, 0.25) is 0 Å². The zero-order valence-electron chi connectivity index (χ0n) is 9.93. The Kier molecular flexibility index (Phi) is 13.2. The molecule has 0 N–H and O–H groups in total. The summed E-state index contributed by atoms with van der Waals surface area (Å²) in [5, 5.41) is 0. The Balaban J connectivity index is 2.91. The molecule has 0 aromatic heterocycles. The number of hydrogen-bond donors (Lipinski definition) is 0. The predicted octanol–water partition coefficient (Wildman–Crippen LogP) is 5.05. The minimum atomic E-state index is 1.18. The highest BCUT2D eigenvalue weighted by Crippen LogP contribution is 2.08. The minimum Gasteiger partial charge on any atom is -0.161 e. The number of hydrogen-bond acceptors (Lipinski definition) is 1. The minimum absolute atomic E-state index is 1.18. The molecule has 0 heterocycles. The smallest absolute Gasteiger partial charge is 0.0110 e. The fourth-order valence-electron chi connectivity index (χ4n) is 1.50. The van der Waals surface area contributed by atoms with Crippen LogP contribution in [0.15, 0.2) is 12.2 Å². The maximum absolute atomic E-state index is 2.34.